The molecule has 2 aromatic rings. The SMILES string of the molecule is O=C(/C=C/c1ccccc1)NS(=O)(=O)c1ccc2c(c1)OCCCO2. The molecular weight excluding hydrogens is 342 g/mol. The maximum atomic E-state index is 12.4. The Morgan fingerprint density at radius 2 is 1.72 bits per heavy atom. The standard InChI is InChI=1S/C18H17NO5S/c20-18(10-7-14-5-2-1-3-6-14)19-25(21,22)15-8-9-16-17(13-15)24-12-4-11-23-16/h1-3,5-10,13H,4,11-12H2,(H,19,20)/b10-7+. The molecule has 0 saturated carbocycles. The van der Waals surface area contributed by atoms with Crippen LogP contribution in [0.3, 0.4) is 0 Å². The summed E-state index contributed by atoms with van der Waals surface area (Å²) in [6.45, 7) is 0.961. The lowest BCUT2D eigenvalue weighted by Crippen LogP contribution is -2.29. The molecule has 0 radical (unpaired) electrons. The molecule has 1 N–H and O–H groups in total. The second-order valence-electron chi connectivity index (χ2n) is 5.37. The number of benzene rings is 2. The minimum Gasteiger partial charge on any atom is -0.490 e. The lowest BCUT2D eigenvalue weighted by Gasteiger charge is -2.10. The topological polar surface area (TPSA) is 81.7 Å². The molecular formula is C18H17NO5S. The van der Waals surface area contributed by atoms with Gasteiger partial charge in [0, 0.05) is 18.6 Å². The summed E-state index contributed by atoms with van der Waals surface area (Å²) in [4.78, 5) is 11.9. The summed E-state index contributed by atoms with van der Waals surface area (Å²) in [5, 5.41) is 0. The van der Waals surface area contributed by atoms with Crippen LogP contribution in [0.2, 0.25) is 0 Å². The molecule has 130 valence electrons. The zero-order chi connectivity index (χ0) is 17.7. The second-order valence-corrected chi connectivity index (χ2v) is 7.06. The maximum Gasteiger partial charge on any atom is 0.264 e. The highest BCUT2D eigenvalue weighted by Crippen LogP contribution is 2.31. The van der Waals surface area contributed by atoms with E-state index in [1.807, 2.05) is 35.1 Å². The molecule has 0 atom stereocenters. The number of carbonyl (C=O) groups is 1. The van der Waals surface area contributed by atoms with Crippen LogP contribution in [0.4, 0.5) is 0 Å². The van der Waals surface area contributed by atoms with E-state index in [-0.39, 0.29) is 4.90 Å². The van der Waals surface area contributed by atoms with Crippen molar-refractivity contribution in [2.75, 3.05) is 13.2 Å². The first-order valence-corrected chi connectivity index (χ1v) is 9.22. The predicted molar refractivity (Wildman–Crippen MR) is 92.9 cm³/mol. The molecule has 1 amide bonds. The third-order valence-electron chi connectivity index (χ3n) is 3.49. The van der Waals surface area contributed by atoms with Gasteiger partial charge in [-0.05, 0) is 23.8 Å². The number of rotatable bonds is 4. The molecule has 2 aromatic carbocycles. The Kier molecular flexibility index (Phi) is 5.04. The van der Waals surface area contributed by atoms with E-state index in [4.69, 9.17) is 9.47 Å². The van der Waals surface area contributed by atoms with E-state index in [2.05, 4.69) is 0 Å². The van der Waals surface area contributed by atoms with Crippen molar-refractivity contribution < 1.29 is 22.7 Å². The fourth-order valence-corrected chi connectivity index (χ4v) is 3.23. The van der Waals surface area contributed by atoms with Gasteiger partial charge < -0.3 is 9.47 Å². The van der Waals surface area contributed by atoms with E-state index >= 15 is 0 Å². The molecule has 1 aliphatic rings. The Morgan fingerprint density at radius 3 is 2.48 bits per heavy atom. The summed E-state index contributed by atoms with van der Waals surface area (Å²) in [5.41, 5.74) is 0.797. The summed E-state index contributed by atoms with van der Waals surface area (Å²) in [6.07, 6.45) is 3.44. The van der Waals surface area contributed by atoms with Gasteiger partial charge in [0.1, 0.15) is 0 Å². The Bertz CT molecular complexity index is 891. The average molecular weight is 359 g/mol. The van der Waals surface area contributed by atoms with Crippen LogP contribution in [-0.2, 0) is 14.8 Å². The van der Waals surface area contributed by atoms with Gasteiger partial charge >= 0.3 is 0 Å². The molecule has 0 fully saturated rings. The zero-order valence-corrected chi connectivity index (χ0v) is 14.2. The number of carbonyl (C=O) groups excluding carboxylic acids is 1. The van der Waals surface area contributed by atoms with E-state index in [9.17, 15) is 13.2 Å². The van der Waals surface area contributed by atoms with Gasteiger partial charge in [-0.25, -0.2) is 13.1 Å². The van der Waals surface area contributed by atoms with Crippen molar-refractivity contribution in [1.82, 2.24) is 4.72 Å². The van der Waals surface area contributed by atoms with Crippen molar-refractivity contribution in [3.63, 3.8) is 0 Å². The minimum atomic E-state index is -4.00. The van der Waals surface area contributed by atoms with Crippen LogP contribution in [0, 0.1) is 0 Å². The molecule has 1 heterocycles. The van der Waals surface area contributed by atoms with Gasteiger partial charge in [-0.2, -0.15) is 0 Å². The summed E-state index contributed by atoms with van der Waals surface area (Å²) >= 11 is 0. The number of ether oxygens (including phenoxy) is 2. The van der Waals surface area contributed by atoms with Crippen LogP contribution in [0.15, 0.2) is 59.5 Å². The minimum absolute atomic E-state index is 0.0572. The van der Waals surface area contributed by atoms with Crippen LogP contribution < -0.4 is 14.2 Å². The Hall–Kier alpha value is -2.80. The Balaban J connectivity index is 1.74. The van der Waals surface area contributed by atoms with E-state index in [0.29, 0.717) is 24.7 Å². The van der Waals surface area contributed by atoms with Gasteiger partial charge in [-0.15, -0.1) is 0 Å². The molecule has 0 aliphatic carbocycles. The largest absolute Gasteiger partial charge is 0.490 e. The predicted octanol–water partition coefficient (Wildman–Crippen LogP) is 2.37. The highest BCUT2D eigenvalue weighted by Gasteiger charge is 2.20. The van der Waals surface area contributed by atoms with Gasteiger partial charge in [0.25, 0.3) is 15.9 Å². The van der Waals surface area contributed by atoms with E-state index in [1.54, 1.807) is 6.08 Å². The highest BCUT2D eigenvalue weighted by molar-refractivity contribution is 7.90. The van der Waals surface area contributed by atoms with Crippen LogP contribution in [-0.4, -0.2) is 27.5 Å². The third-order valence-corrected chi connectivity index (χ3v) is 4.84. The Labute approximate surface area is 146 Å². The van der Waals surface area contributed by atoms with Crippen molar-refractivity contribution in [1.29, 1.82) is 0 Å². The summed E-state index contributed by atoms with van der Waals surface area (Å²) < 4.78 is 37.7. The van der Waals surface area contributed by atoms with Gasteiger partial charge in [-0.1, -0.05) is 30.3 Å². The van der Waals surface area contributed by atoms with E-state index in [1.165, 1.54) is 24.3 Å². The van der Waals surface area contributed by atoms with Gasteiger partial charge in [0.2, 0.25) is 0 Å². The molecule has 3 rings (SSSR count). The average Bonchev–Trinajstić information content (AvgIpc) is 2.85. The number of nitrogens with one attached hydrogen (secondary N) is 1. The molecule has 0 bridgehead atoms. The van der Waals surface area contributed by atoms with Crippen molar-refractivity contribution in [2.45, 2.75) is 11.3 Å². The van der Waals surface area contributed by atoms with Crippen molar-refractivity contribution in [3.8, 4) is 11.5 Å². The Morgan fingerprint density at radius 1 is 1.00 bits per heavy atom. The van der Waals surface area contributed by atoms with Crippen LogP contribution >= 0.6 is 0 Å². The quantitative estimate of drug-likeness (QED) is 0.848. The molecule has 0 aromatic heterocycles. The fourth-order valence-electron chi connectivity index (χ4n) is 2.27. The molecule has 1 aliphatic heterocycles. The smallest absolute Gasteiger partial charge is 0.264 e. The monoisotopic (exact) mass is 359 g/mol. The summed E-state index contributed by atoms with van der Waals surface area (Å²) in [7, 11) is -4.00. The van der Waals surface area contributed by atoms with Gasteiger partial charge in [0.05, 0.1) is 18.1 Å². The number of fused-ring (bicyclic) bond motifs is 1. The number of sulfonamides is 1. The molecule has 0 spiro atoms. The van der Waals surface area contributed by atoms with Gasteiger partial charge in [0.15, 0.2) is 11.5 Å². The summed E-state index contributed by atoms with van der Waals surface area (Å²) in [5.74, 6) is 0.121. The summed E-state index contributed by atoms with van der Waals surface area (Å²) in [6, 6.07) is 13.4. The van der Waals surface area contributed by atoms with E-state index in [0.717, 1.165) is 12.0 Å². The second kappa shape index (κ2) is 7.40. The highest BCUT2D eigenvalue weighted by atomic mass is 32.2. The fraction of sp³-hybridized carbons (Fsp3) is 0.167. The lowest BCUT2D eigenvalue weighted by molar-refractivity contribution is -0.114. The molecule has 25 heavy (non-hydrogen) atoms. The third kappa shape index (κ3) is 4.39. The van der Waals surface area contributed by atoms with Crippen molar-refractivity contribution >= 4 is 22.0 Å². The first kappa shape index (κ1) is 17.0. The zero-order valence-electron chi connectivity index (χ0n) is 13.3. The van der Waals surface area contributed by atoms with E-state index < -0.39 is 15.9 Å². The first-order valence-electron chi connectivity index (χ1n) is 7.74. The molecule has 6 nitrogen and oxygen atoms in total. The van der Waals surface area contributed by atoms with Crippen molar-refractivity contribution in [2.24, 2.45) is 0 Å². The van der Waals surface area contributed by atoms with Crippen LogP contribution in [0.5, 0.6) is 11.5 Å². The van der Waals surface area contributed by atoms with Crippen LogP contribution in [0.25, 0.3) is 6.08 Å². The first-order chi connectivity index (χ1) is 12.0. The molecule has 7 heteroatoms. The number of amides is 1. The lowest BCUT2D eigenvalue weighted by atomic mass is 10.2. The normalized spacial score (nSPS) is 14.1. The molecule has 0 saturated heterocycles. The molecule has 0 unspecified atom stereocenters. The van der Waals surface area contributed by atoms with Crippen molar-refractivity contribution in [3.05, 3.63) is 60.2 Å². The number of hydrogen-bond donors (Lipinski definition) is 1. The number of hydrogen-bond acceptors (Lipinski definition) is 5. The van der Waals surface area contributed by atoms with Gasteiger partial charge in [-0.3, -0.25) is 4.79 Å². The maximum absolute atomic E-state index is 12.4. The van der Waals surface area contributed by atoms with Crippen LogP contribution in [0.1, 0.15) is 12.0 Å².